The van der Waals surface area contributed by atoms with Crippen LogP contribution in [0, 0.1) is 11.3 Å². The molecule has 2 rings (SSSR count). The van der Waals surface area contributed by atoms with E-state index in [-0.39, 0.29) is 5.91 Å². The molecule has 2 fully saturated rings. The van der Waals surface area contributed by atoms with E-state index >= 15 is 0 Å². The van der Waals surface area contributed by atoms with Crippen LogP contribution in [0.15, 0.2) is 0 Å². The summed E-state index contributed by atoms with van der Waals surface area (Å²) < 4.78 is 0. The molecule has 1 saturated carbocycles. The fourth-order valence-corrected chi connectivity index (χ4v) is 3.75. The number of carbonyl (C=O) groups is 1. The molecule has 2 N–H and O–H groups in total. The molecule has 1 heterocycles. The third-order valence-corrected chi connectivity index (χ3v) is 4.72. The lowest BCUT2D eigenvalue weighted by molar-refractivity contribution is -0.119. The average molecular weight is 266 g/mol. The molecule has 0 aromatic carbocycles. The van der Waals surface area contributed by atoms with E-state index in [9.17, 15) is 4.79 Å². The smallest absolute Gasteiger partial charge is 0.220 e. The van der Waals surface area contributed by atoms with Gasteiger partial charge in [-0.1, -0.05) is 40.0 Å². The van der Waals surface area contributed by atoms with Crippen LogP contribution in [-0.4, -0.2) is 24.5 Å². The standard InChI is InChI=1S/C16H30N2O/c1-16(2,3)15(12-7-5-4-6-8-12)17-11-13-9-10-14(19)18-13/h12-13,15,17H,4-11H2,1-3H3,(H,18,19). The Morgan fingerprint density at radius 1 is 1.21 bits per heavy atom. The maximum Gasteiger partial charge on any atom is 0.220 e. The van der Waals surface area contributed by atoms with Gasteiger partial charge in [-0.05, 0) is 30.6 Å². The molecular formula is C16H30N2O. The fraction of sp³-hybridized carbons (Fsp3) is 0.938. The molecule has 2 aliphatic rings. The summed E-state index contributed by atoms with van der Waals surface area (Å²) >= 11 is 0. The fourth-order valence-electron chi connectivity index (χ4n) is 3.75. The van der Waals surface area contributed by atoms with E-state index in [2.05, 4.69) is 31.4 Å². The molecule has 2 atom stereocenters. The van der Waals surface area contributed by atoms with Crippen LogP contribution in [0.1, 0.15) is 65.7 Å². The van der Waals surface area contributed by atoms with Gasteiger partial charge in [-0.25, -0.2) is 0 Å². The number of hydrogen-bond acceptors (Lipinski definition) is 2. The topological polar surface area (TPSA) is 41.1 Å². The Morgan fingerprint density at radius 2 is 1.89 bits per heavy atom. The van der Waals surface area contributed by atoms with Crippen molar-refractivity contribution in [3.05, 3.63) is 0 Å². The van der Waals surface area contributed by atoms with E-state index in [0.29, 0.717) is 23.9 Å². The normalized spacial score (nSPS) is 27.3. The molecule has 0 aromatic rings. The maximum atomic E-state index is 11.3. The third-order valence-electron chi connectivity index (χ3n) is 4.72. The van der Waals surface area contributed by atoms with Gasteiger partial charge in [0.1, 0.15) is 0 Å². The Hall–Kier alpha value is -0.570. The molecule has 0 bridgehead atoms. The number of hydrogen-bond donors (Lipinski definition) is 2. The van der Waals surface area contributed by atoms with Crippen molar-refractivity contribution >= 4 is 5.91 Å². The summed E-state index contributed by atoms with van der Waals surface area (Å²) in [5.74, 6) is 1.03. The molecule has 3 nitrogen and oxygen atoms in total. The number of carbonyl (C=O) groups excluding carboxylic acids is 1. The predicted octanol–water partition coefficient (Wildman–Crippen LogP) is 2.85. The highest BCUT2D eigenvalue weighted by atomic mass is 16.1. The molecule has 2 unspecified atom stereocenters. The second-order valence-electron chi connectivity index (χ2n) is 7.45. The van der Waals surface area contributed by atoms with Crippen LogP contribution in [0.3, 0.4) is 0 Å². The monoisotopic (exact) mass is 266 g/mol. The van der Waals surface area contributed by atoms with Gasteiger partial charge >= 0.3 is 0 Å². The Labute approximate surface area is 117 Å². The largest absolute Gasteiger partial charge is 0.352 e. The van der Waals surface area contributed by atoms with Crippen LogP contribution in [0.4, 0.5) is 0 Å². The van der Waals surface area contributed by atoms with E-state index in [1.807, 2.05) is 0 Å². The molecule has 1 amide bonds. The Kier molecular flexibility index (Phi) is 4.88. The van der Waals surface area contributed by atoms with E-state index < -0.39 is 0 Å². The Balaban J connectivity index is 1.88. The minimum absolute atomic E-state index is 0.219. The van der Waals surface area contributed by atoms with Gasteiger partial charge in [-0.15, -0.1) is 0 Å². The van der Waals surface area contributed by atoms with Gasteiger partial charge < -0.3 is 10.6 Å². The summed E-state index contributed by atoms with van der Waals surface area (Å²) in [5, 5.41) is 6.84. The Bertz CT molecular complexity index is 302. The molecular weight excluding hydrogens is 236 g/mol. The first-order valence-electron chi connectivity index (χ1n) is 7.99. The van der Waals surface area contributed by atoms with Crippen molar-refractivity contribution in [2.24, 2.45) is 11.3 Å². The van der Waals surface area contributed by atoms with Gasteiger partial charge in [0.2, 0.25) is 5.91 Å². The van der Waals surface area contributed by atoms with E-state index in [4.69, 9.17) is 0 Å². The Morgan fingerprint density at radius 3 is 2.42 bits per heavy atom. The van der Waals surface area contributed by atoms with Gasteiger partial charge in [0.25, 0.3) is 0 Å². The zero-order chi connectivity index (χ0) is 13.9. The summed E-state index contributed by atoms with van der Waals surface area (Å²) in [7, 11) is 0. The number of rotatable bonds is 4. The quantitative estimate of drug-likeness (QED) is 0.821. The van der Waals surface area contributed by atoms with Gasteiger partial charge in [0.05, 0.1) is 0 Å². The minimum atomic E-state index is 0.219. The van der Waals surface area contributed by atoms with E-state index in [0.717, 1.165) is 18.9 Å². The number of nitrogens with one attached hydrogen (secondary N) is 2. The highest BCUT2D eigenvalue weighted by Crippen LogP contribution is 2.34. The van der Waals surface area contributed by atoms with E-state index in [1.165, 1.54) is 32.1 Å². The first-order valence-corrected chi connectivity index (χ1v) is 7.99. The lowest BCUT2D eigenvalue weighted by Crippen LogP contribution is -2.50. The van der Waals surface area contributed by atoms with Gasteiger partial charge in [-0.3, -0.25) is 4.79 Å². The highest BCUT2D eigenvalue weighted by Gasteiger charge is 2.33. The van der Waals surface area contributed by atoms with Crippen LogP contribution in [0.5, 0.6) is 0 Å². The summed E-state index contributed by atoms with van der Waals surface area (Å²) in [6, 6.07) is 0.922. The molecule has 19 heavy (non-hydrogen) atoms. The molecule has 1 aliphatic carbocycles. The summed E-state index contributed by atoms with van der Waals surface area (Å²) in [6.45, 7) is 7.95. The van der Waals surface area contributed by atoms with Gasteiger partial charge in [-0.2, -0.15) is 0 Å². The lowest BCUT2D eigenvalue weighted by atomic mass is 9.73. The van der Waals surface area contributed by atoms with Crippen molar-refractivity contribution in [2.75, 3.05) is 6.54 Å². The predicted molar refractivity (Wildman–Crippen MR) is 79.0 cm³/mol. The van der Waals surface area contributed by atoms with Crippen molar-refractivity contribution in [2.45, 2.75) is 77.8 Å². The lowest BCUT2D eigenvalue weighted by Gasteiger charge is -2.40. The first-order chi connectivity index (χ1) is 8.97. The van der Waals surface area contributed by atoms with Gasteiger partial charge in [0.15, 0.2) is 0 Å². The van der Waals surface area contributed by atoms with Crippen LogP contribution in [-0.2, 0) is 4.79 Å². The van der Waals surface area contributed by atoms with Crippen LogP contribution in [0.2, 0.25) is 0 Å². The minimum Gasteiger partial charge on any atom is -0.352 e. The van der Waals surface area contributed by atoms with Crippen molar-refractivity contribution < 1.29 is 4.79 Å². The molecule has 1 saturated heterocycles. The molecule has 3 heteroatoms. The van der Waals surface area contributed by atoms with Crippen molar-refractivity contribution in [3.63, 3.8) is 0 Å². The molecule has 0 radical (unpaired) electrons. The van der Waals surface area contributed by atoms with Crippen LogP contribution < -0.4 is 10.6 Å². The number of amides is 1. The van der Waals surface area contributed by atoms with Crippen LogP contribution in [0.25, 0.3) is 0 Å². The molecule has 0 aromatic heterocycles. The average Bonchev–Trinajstić information content (AvgIpc) is 2.75. The molecule has 1 aliphatic heterocycles. The second-order valence-corrected chi connectivity index (χ2v) is 7.45. The zero-order valence-corrected chi connectivity index (χ0v) is 12.8. The molecule has 0 spiro atoms. The first kappa shape index (κ1) is 14.8. The summed E-state index contributed by atoms with van der Waals surface area (Å²) in [6.07, 6.45) is 8.62. The summed E-state index contributed by atoms with van der Waals surface area (Å²) in [4.78, 5) is 11.3. The summed E-state index contributed by atoms with van der Waals surface area (Å²) in [5.41, 5.74) is 0.296. The van der Waals surface area contributed by atoms with Crippen molar-refractivity contribution in [1.82, 2.24) is 10.6 Å². The highest BCUT2D eigenvalue weighted by molar-refractivity contribution is 5.78. The van der Waals surface area contributed by atoms with Crippen molar-refractivity contribution in [3.8, 4) is 0 Å². The zero-order valence-electron chi connectivity index (χ0n) is 12.8. The van der Waals surface area contributed by atoms with Crippen LogP contribution >= 0.6 is 0 Å². The van der Waals surface area contributed by atoms with Gasteiger partial charge in [0, 0.05) is 25.0 Å². The third kappa shape index (κ3) is 4.20. The second kappa shape index (κ2) is 6.25. The maximum absolute atomic E-state index is 11.3. The SMILES string of the molecule is CC(C)(C)C(NCC1CCC(=O)N1)C1CCCCC1. The van der Waals surface area contributed by atoms with E-state index in [1.54, 1.807) is 0 Å². The van der Waals surface area contributed by atoms with Crippen molar-refractivity contribution in [1.29, 1.82) is 0 Å². The molecule has 110 valence electrons.